The second kappa shape index (κ2) is 11.6. The van der Waals surface area contributed by atoms with E-state index < -0.39 is 6.10 Å². The first kappa shape index (κ1) is 26.3. The summed E-state index contributed by atoms with van der Waals surface area (Å²) >= 11 is 18.3. The number of carbonyl (C=O) groups is 1. The first-order valence-electron chi connectivity index (χ1n) is 12.4. The molecule has 1 amide bonds. The third-order valence-electron chi connectivity index (χ3n) is 7.08. The van der Waals surface area contributed by atoms with Crippen molar-refractivity contribution in [3.63, 3.8) is 0 Å². The predicted octanol–water partition coefficient (Wildman–Crippen LogP) is 5.39. The van der Waals surface area contributed by atoms with E-state index in [4.69, 9.17) is 34.8 Å². The lowest BCUT2D eigenvalue weighted by Gasteiger charge is -2.38. The van der Waals surface area contributed by atoms with E-state index in [1.165, 1.54) is 5.56 Å². The zero-order valence-electron chi connectivity index (χ0n) is 20.3. The largest absolute Gasteiger partial charge is 0.390 e. The molecule has 2 atom stereocenters. The molecular weight excluding hydrogens is 531 g/mol. The van der Waals surface area contributed by atoms with Gasteiger partial charge in [-0.2, -0.15) is 0 Å². The Kier molecular flexibility index (Phi) is 8.24. The summed E-state index contributed by atoms with van der Waals surface area (Å²) < 4.78 is 0. The zero-order valence-corrected chi connectivity index (χ0v) is 22.6. The van der Waals surface area contributed by atoms with Crippen molar-refractivity contribution in [3.8, 4) is 0 Å². The van der Waals surface area contributed by atoms with E-state index in [1.54, 1.807) is 35.2 Å². The summed E-state index contributed by atoms with van der Waals surface area (Å²) in [5.74, 6) is -0.129. The Labute approximate surface area is 232 Å². The number of aliphatic hydroxyl groups excluding tert-OH is 1. The highest BCUT2D eigenvalue weighted by molar-refractivity contribution is 6.31. The SMILES string of the molecule is O=C(c1ccc(Cl)cc1Nc1ccc(Cl)cc1)N1CC(O)C(N2CCN(Cc3ccc(Cl)cc3)CC2)C1. The van der Waals surface area contributed by atoms with Crippen molar-refractivity contribution in [1.29, 1.82) is 0 Å². The van der Waals surface area contributed by atoms with Gasteiger partial charge in [-0.3, -0.25) is 14.6 Å². The molecule has 2 N–H and O–H groups in total. The van der Waals surface area contributed by atoms with E-state index in [9.17, 15) is 9.90 Å². The average molecular weight is 560 g/mol. The Hall–Kier alpha value is -2.32. The number of carbonyl (C=O) groups excluding carboxylic acids is 1. The minimum absolute atomic E-state index is 0.0818. The van der Waals surface area contributed by atoms with Gasteiger partial charge in [-0.25, -0.2) is 0 Å². The number of anilines is 2. The minimum atomic E-state index is -0.591. The monoisotopic (exact) mass is 558 g/mol. The molecule has 3 aromatic carbocycles. The van der Waals surface area contributed by atoms with Crippen molar-refractivity contribution in [2.24, 2.45) is 0 Å². The van der Waals surface area contributed by atoms with Crippen LogP contribution >= 0.6 is 34.8 Å². The minimum Gasteiger partial charge on any atom is -0.390 e. The summed E-state index contributed by atoms with van der Waals surface area (Å²) in [6, 6.07) is 20.3. The highest BCUT2D eigenvalue weighted by Gasteiger charge is 2.39. The van der Waals surface area contributed by atoms with Crippen molar-refractivity contribution in [3.05, 3.63) is 92.9 Å². The number of nitrogens with one attached hydrogen (secondary N) is 1. The molecule has 37 heavy (non-hydrogen) atoms. The highest BCUT2D eigenvalue weighted by Crippen LogP contribution is 2.29. The molecule has 9 heteroatoms. The number of likely N-dealkylation sites (tertiary alicyclic amines) is 1. The first-order chi connectivity index (χ1) is 17.9. The smallest absolute Gasteiger partial charge is 0.256 e. The fourth-order valence-electron chi connectivity index (χ4n) is 5.06. The van der Waals surface area contributed by atoms with Gasteiger partial charge in [-0.15, -0.1) is 0 Å². The third kappa shape index (κ3) is 6.40. The highest BCUT2D eigenvalue weighted by atomic mass is 35.5. The molecule has 0 aliphatic carbocycles. The summed E-state index contributed by atoms with van der Waals surface area (Å²) in [6.45, 7) is 5.18. The lowest BCUT2D eigenvalue weighted by atomic mass is 10.1. The van der Waals surface area contributed by atoms with Gasteiger partial charge in [0, 0.05) is 66.6 Å². The fraction of sp³-hybridized carbons (Fsp3) is 0.321. The van der Waals surface area contributed by atoms with Crippen LogP contribution in [-0.4, -0.2) is 77.1 Å². The molecule has 6 nitrogen and oxygen atoms in total. The van der Waals surface area contributed by atoms with E-state index in [-0.39, 0.29) is 11.9 Å². The maximum atomic E-state index is 13.6. The second-order valence-electron chi connectivity index (χ2n) is 9.61. The molecular formula is C28H29Cl3N4O2. The second-order valence-corrected chi connectivity index (χ2v) is 10.9. The van der Waals surface area contributed by atoms with Crippen LogP contribution in [0.4, 0.5) is 11.4 Å². The van der Waals surface area contributed by atoms with Crippen LogP contribution < -0.4 is 5.32 Å². The van der Waals surface area contributed by atoms with Crippen molar-refractivity contribution < 1.29 is 9.90 Å². The lowest BCUT2D eigenvalue weighted by molar-refractivity contribution is 0.0423. The third-order valence-corrected chi connectivity index (χ3v) is 7.82. The summed E-state index contributed by atoms with van der Waals surface area (Å²) in [7, 11) is 0. The van der Waals surface area contributed by atoms with Gasteiger partial charge in [0.1, 0.15) is 0 Å². The Balaban J connectivity index is 1.21. The fourth-order valence-corrected chi connectivity index (χ4v) is 5.48. The maximum Gasteiger partial charge on any atom is 0.256 e. The summed E-state index contributed by atoms with van der Waals surface area (Å²) in [4.78, 5) is 20.0. The molecule has 2 fully saturated rings. The molecule has 2 aliphatic heterocycles. The molecule has 0 saturated carbocycles. The lowest BCUT2D eigenvalue weighted by Crippen LogP contribution is -2.53. The number of hydrogen-bond donors (Lipinski definition) is 2. The van der Waals surface area contributed by atoms with Crippen molar-refractivity contribution in [2.75, 3.05) is 44.6 Å². The van der Waals surface area contributed by atoms with Crippen LogP contribution in [0.5, 0.6) is 0 Å². The van der Waals surface area contributed by atoms with Crippen LogP contribution in [-0.2, 0) is 6.54 Å². The number of nitrogens with zero attached hydrogens (tertiary/aromatic N) is 3. The quantitative estimate of drug-likeness (QED) is 0.424. The molecule has 5 rings (SSSR count). The van der Waals surface area contributed by atoms with Crippen LogP contribution in [0.2, 0.25) is 15.1 Å². The van der Waals surface area contributed by atoms with Gasteiger partial charge in [0.2, 0.25) is 0 Å². The molecule has 2 heterocycles. The molecule has 0 aromatic heterocycles. The van der Waals surface area contributed by atoms with E-state index in [2.05, 4.69) is 27.2 Å². The Morgan fingerprint density at radius 1 is 0.838 bits per heavy atom. The van der Waals surface area contributed by atoms with Crippen LogP contribution in [0.15, 0.2) is 66.7 Å². The molecule has 2 saturated heterocycles. The zero-order chi connectivity index (χ0) is 25.9. The van der Waals surface area contributed by atoms with Crippen LogP contribution in [0, 0.1) is 0 Å². The summed E-state index contributed by atoms with van der Waals surface area (Å²) in [5, 5.41) is 16.1. The normalized spacial score (nSPS) is 20.8. The average Bonchev–Trinajstić information content (AvgIpc) is 3.28. The van der Waals surface area contributed by atoms with Gasteiger partial charge in [-0.1, -0.05) is 46.9 Å². The number of β-amino-alcohol motifs (C(OH)–C–C–N with tert-alkyl or cyclic N) is 1. The number of aliphatic hydroxyl groups is 1. The van der Waals surface area contributed by atoms with E-state index >= 15 is 0 Å². The number of benzene rings is 3. The van der Waals surface area contributed by atoms with Crippen LogP contribution in [0.1, 0.15) is 15.9 Å². The number of amides is 1. The molecule has 0 radical (unpaired) electrons. The summed E-state index contributed by atoms with van der Waals surface area (Å²) in [5.41, 5.74) is 3.17. The van der Waals surface area contributed by atoms with Gasteiger partial charge in [-0.05, 0) is 60.2 Å². The van der Waals surface area contributed by atoms with Gasteiger partial charge in [0.15, 0.2) is 0 Å². The molecule has 2 unspecified atom stereocenters. The molecule has 3 aromatic rings. The van der Waals surface area contributed by atoms with Crippen molar-refractivity contribution in [1.82, 2.24) is 14.7 Å². The summed E-state index contributed by atoms with van der Waals surface area (Å²) in [6.07, 6.45) is -0.591. The van der Waals surface area contributed by atoms with E-state index in [0.717, 1.165) is 43.4 Å². The number of hydrogen-bond acceptors (Lipinski definition) is 5. The molecule has 194 valence electrons. The number of halogens is 3. The molecule has 0 spiro atoms. The standard InChI is InChI=1S/C28H29Cl3N4O2/c29-20-3-1-19(2-4-20)16-33-11-13-34(14-12-33)26-17-35(18-27(26)36)28(37)24-10-7-22(31)15-25(24)32-23-8-5-21(30)6-9-23/h1-10,15,26-27,32,36H,11-14,16-18H2. The molecule has 2 aliphatic rings. The van der Waals surface area contributed by atoms with E-state index in [0.29, 0.717) is 34.4 Å². The van der Waals surface area contributed by atoms with Crippen LogP contribution in [0.25, 0.3) is 0 Å². The van der Waals surface area contributed by atoms with Gasteiger partial charge >= 0.3 is 0 Å². The van der Waals surface area contributed by atoms with Crippen LogP contribution in [0.3, 0.4) is 0 Å². The maximum absolute atomic E-state index is 13.6. The van der Waals surface area contributed by atoms with Gasteiger partial charge in [0.25, 0.3) is 5.91 Å². The number of rotatable bonds is 6. The predicted molar refractivity (Wildman–Crippen MR) is 150 cm³/mol. The van der Waals surface area contributed by atoms with E-state index in [1.807, 2.05) is 24.3 Å². The van der Waals surface area contributed by atoms with Crippen molar-refractivity contribution >= 4 is 52.1 Å². The Bertz CT molecular complexity index is 1230. The van der Waals surface area contributed by atoms with Gasteiger partial charge < -0.3 is 15.3 Å². The Morgan fingerprint density at radius 3 is 2.14 bits per heavy atom. The van der Waals surface area contributed by atoms with Crippen molar-refractivity contribution in [2.45, 2.75) is 18.7 Å². The first-order valence-corrected chi connectivity index (χ1v) is 13.5. The van der Waals surface area contributed by atoms with Gasteiger partial charge in [0.05, 0.1) is 23.4 Å². The molecule has 0 bridgehead atoms. The number of piperazine rings is 1. The topological polar surface area (TPSA) is 59.1 Å². The Morgan fingerprint density at radius 2 is 1.46 bits per heavy atom.